The highest BCUT2D eigenvalue weighted by atomic mass is 35.5. The molecule has 2 aromatic rings. The molecule has 1 heterocycles. The Bertz CT molecular complexity index is 875. The Morgan fingerprint density at radius 1 is 1.07 bits per heavy atom. The number of nitrogens with one attached hydrogen (secondary N) is 1. The average molecular weight is 400 g/mol. The lowest BCUT2D eigenvalue weighted by Gasteiger charge is -2.41. The van der Waals surface area contributed by atoms with E-state index in [1.165, 1.54) is 18.2 Å². The van der Waals surface area contributed by atoms with Gasteiger partial charge in [-0.05, 0) is 61.0 Å². The Morgan fingerprint density at radius 2 is 1.78 bits per heavy atom. The molecule has 1 N–H and O–H groups in total. The molecule has 0 aromatic heterocycles. The van der Waals surface area contributed by atoms with Gasteiger partial charge in [-0.1, -0.05) is 43.0 Å². The van der Waals surface area contributed by atoms with Crippen molar-refractivity contribution in [3.8, 4) is 5.75 Å². The first-order valence-electron chi connectivity index (χ1n) is 9.18. The third kappa shape index (κ3) is 3.34. The van der Waals surface area contributed by atoms with Crippen molar-refractivity contribution in [2.24, 2.45) is 4.99 Å². The van der Waals surface area contributed by atoms with Crippen LogP contribution in [0.1, 0.15) is 32.1 Å². The second-order valence-corrected chi connectivity index (χ2v) is 8.29. The molecule has 0 radical (unpaired) electrons. The molecular formula is C21H22ClN3OS. The van der Waals surface area contributed by atoms with E-state index in [9.17, 15) is 0 Å². The average Bonchev–Trinajstić information content (AvgIpc) is 2.94. The van der Waals surface area contributed by atoms with E-state index in [0.717, 1.165) is 47.9 Å². The van der Waals surface area contributed by atoms with Crippen molar-refractivity contribution in [3.05, 3.63) is 53.6 Å². The molecule has 1 spiro atoms. The second-order valence-electron chi connectivity index (χ2n) is 6.90. The van der Waals surface area contributed by atoms with Gasteiger partial charge in [0.1, 0.15) is 10.8 Å². The number of hydrogen-bond acceptors (Lipinski definition) is 4. The predicted molar refractivity (Wildman–Crippen MR) is 115 cm³/mol. The molecule has 2 aromatic carbocycles. The molecule has 1 aliphatic carbocycles. The van der Waals surface area contributed by atoms with Crippen LogP contribution >= 0.6 is 23.4 Å². The number of methoxy groups -OCH3 is 1. The van der Waals surface area contributed by atoms with Crippen LogP contribution in [-0.4, -0.2) is 22.9 Å². The van der Waals surface area contributed by atoms with Crippen molar-refractivity contribution in [2.75, 3.05) is 12.0 Å². The van der Waals surface area contributed by atoms with Gasteiger partial charge in [0.05, 0.1) is 29.0 Å². The van der Waals surface area contributed by atoms with Crippen LogP contribution < -0.4 is 9.64 Å². The molecular weight excluding hydrogens is 378 g/mol. The van der Waals surface area contributed by atoms with Crippen molar-refractivity contribution in [1.82, 2.24) is 0 Å². The maximum absolute atomic E-state index is 8.69. The number of rotatable bonds is 3. The molecule has 27 heavy (non-hydrogen) atoms. The van der Waals surface area contributed by atoms with Gasteiger partial charge in [-0.25, -0.2) is 4.99 Å². The van der Waals surface area contributed by atoms with Crippen LogP contribution in [0.4, 0.5) is 11.4 Å². The molecule has 1 saturated heterocycles. The molecule has 4 rings (SSSR count). The molecule has 1 saturated carbocycles. The number of hydrogen-bond donors (Lipinski definition) is 1. The smallest absolute Gasteiger partial charge is 0.167 e. The van der Waals surface area contributed by atoms with Crippen LogP contribution in [0.5, 0.6) is 5.75 Å². The van der Waals surface area contributed by atoms with Gasteiger partial charge in [-0.2, -0.15) is 0 Å². The van der Waals surface area contributed by atoms with E-state index in [1.807, 2.05) is 48.5 Å². The van der Waals surface area contributed by atoms with E-state index < -0.39 is 0 Å². The van der Waals surface area contributed by atoms with Crippen LogP contribution in [0.15, 0.2) is 53.5 Å². The lowest BCUT2D eigenvalue weighted by Crippen LogP contribution is -2.51. The minimum Gasteiger partial charge on any atom is -0.497 e. The summed E-state index contributed by atoms with van der Waals surface area (Å²) in [6.45, 7) is 0. The number of benzene rings is 2. The van der Waals surface area contributed by atoms with E-state index in [-0.39, 0.29) is 5.54 Å². The van der Waals surface area contributed by atoms with E-state index in [0.29, 0.717) is 10.2 Å². The van der Waals surface area contributed by atoms with E-state index in [1.54, 1.807) is 7.11 Å². The maximum atomic E-state index is 8.69. The summed E-state index contributed by atoms with van der Waals surface area (Å²) in [5.41, 5.74) is 1.51. The van der Waals surface area contributed by atoms with Crippen LogP contribution in [0, 0.1) is 5.41 Å². The Balaban J connectivity index is 1.79. The molecule has 2 aliphatic rings. The van der Waals surface area contributed by atoms with E-state index in [4.69, 9.17) is 26.7 Å². The fourth-order valence-corrected chi connectivity index (χ4v) is 5.37. The highest BCUT2D eigenvalue weighted by molar-refractivity contribution is 8.27. The van der Waals surface area contributed by atoms with Gasteiger partial charge >= 0.3 is 0 Å². The Kier molecular flexibility index (Phi) is 5.15. The third-order valence-electron chi connectivity index (χ3n) is 5.30. The summed E-state index contributed by atoms with van der Waals surface area (Å²) in [4.78, 5) is 7.08. The fraction of sp³-hybridized carbons (Fsp3) is 0.333. The summed E-state index contributed by atoms with van der Waals surface area (Å²) in [6.07, 6.45) is 5.48. The monoisotopic (exact) mass is 399 g/mol. The summed E-state index contributed by atoms with van der Waals surface area (Å²) >= 11 is 7.97. The van der Waals surface area contributed by atoms with Crippen molar-refractivity contribution in [2.45, 2.75) is 37.6 Å². The molecule has 0 bridgehead atoms. The minimum absolute atomic E-state index is 0.273. The number of anilines is 1. The first-order valence-corrected chi connectivity index (χ1v) is 10.4. The second kappa shape index (κ2) is 7.56. The van der Waals surface area contributed by atoms with Crippen molar-refractivity contribution >= 4 is 44.9 Å². The molecule has 140 valence electrons. The normalized spacial score (nSPS) is 20.4. The first kappa shape index (κ1) is 18.4. The summed E-state index contributed by atoms with van der Waals surface area (Å²) < 4.78 is 5.24. The summed E-state index contributed by atoms with van der Waals surface area (Å²) in [6, 6.07) is 15.6. The van der Waals surface area contributed by atoms with Gasteiger partial charge in [0, 0.05) is 0 Å². The number of halogens is 1. The van der Waals surface area contributed by atoms with Gasteiger partial charge < -0.3 is 9.64 Å². The zero-order valence-corrected chi connectivity index (χ0v) is 16.8. The number of amidine groups is 1. The van der Waals surface area contributed by atoms with Gasteiger partial charge in [0.25, 0.3) is 0 Å². The largest absolute Gasteiger partial charge is 0.497 e. The molecule has 0 unspecified atom stereocenters. The number of thioether (sulfide) groups is 1. The van der Waals surface area contributed by atoms with Crippen LogP contribution in [0.2, 0.25) is 5.02 Å². The lowest BCUT2D eigenvalue weighted by atomic mass is 9.80. The summed E-state index contributed by atoms with van der Waals surface area (Å²) in [7, 11) is 1.66. The third-order valence-corrected chi connectivity index (χ3v) is 6.66. The quantitative estimate of drug-likeness (QED) is 0.661. The van der Waals surface area contributed by atoms with Gasteiger partial charge in [-0.15, -0.1) is 0 Å². The molecule has 4 nitrogen and oxygen atoms in total. The standard InChI is InChI=1S/C21H22ClN3OS/c1-26-16-11-9-15(10-12-16)24-19-21(13-5-2-6-14-21)25(20(23)27-19)18-8-4-3-7-17(18)22/h3-4,7-12,23H,2,5-6,13-14H2,1H3. The zero-order valence-electron chi connectivity index (χ0n) is 15.2. The fourth-order valence-electron chi connectivity index (χ4n) is 3.97. The SMILES string of the molecule is COc1ccc(N=C2SC(=N)N(c3ccccc3Cl)C23CCCCC3)cc1. The van der Waals surface area contributed by atoms with Crippen LogP contribution in [-0.2, 0) is 0 Å². The van der Waals surface area contributed by atoms with Crippen molar-refractivity contribution < 1.29 is 4.74 Å². The van der Waals surface area contributed by atoms with Crippen LogP contribution in [0.3, 0.4) is 0 Å². The number of para-hydroxylation sites is 1. The summed E-state index contributed by atoms with van der Waals surface area (Å²) in [5, 5.41) is 10.9. The highest BCUT2D eigenvalue weighted by Gasteiger charge is 2.51. The molecule has 0 atom stereocenters. The highest BCUT2D eigenvalue weighted by Crippen LogP contribution is 2.49. The van der Waals surface area contributed by atoms with Gasteiger partial charge in [-0.3, -0.25) is 5.41 Å². The Hall–Kier alpha value is -1.98. The van der Waals surface area contributed by atoms with Gasteiger partial charge in [0.2, 0.25) is 0 Å². The predicted octanol–water partition coefficient (Wildman–Crippen LogP) is 6.27. The minimum atomic E-state index is -0.273. The molecule has 0 amide bonds. The zero-order chi connectivity index (χ0) is 18.9. The molecule has 6 heteroatoms. The Labute approximate surface area is 169 Å². The van der Waals surface area contributed by atoms with Crippen molar-refractivity contribution in [1.29, 1.82) is 5.41 Å². The molecule has 1 aliphatic heterocycles. The van der Waals surface area contributed by atoms with E-state index >= 15 is 0 Å². The van der Waals surface area contributed by atoms with Gasteiger partial charge in [0.15, 0.2) is 5.17 Å². The number of aliphatic imine (C=N–C) groups is 1. The lowest BCUT2D eigenvalue weighted by molar-refractivity contribution is 0.387. The van der Waals surface area contributed by atoms with Crippen LogP contribution in [0.25, 0.3) is 0 Å². The number of ether oxygens (including phenoxy) is 1. The maximum Gasteiger partial charge on any atom is 0.167 e. The van der Waals surface area contributed by atoms with Crippen molar-refractivity contribution in [3.63, 3.8) is 0 Å². The summed E-state index contributed by atoms with van der Waals surface area (Å²) in [5.74, 6) is 0.816. The first-order chi connectivity index (χ1) is 13.1. The topological polar surface area (TPSA) is 48.7 Å². The molecule has 2 fully saturated rings. The number of nitrogens with zero attached hydrogens (tertiary/aromatic N) is 2. The Morgan fingerprint density at radius 3 is 2.44 bits per heavy atom. The van der Waals surface area contributed by atoms with E-state index in [2.05, 4.69) is 4.90 Å².